The lowest BCUT2D eigenvalue weighted by Crippen LogP contribution is -2.13. The molecule has 1 atom stereocenters. The molecule has 0 radical (unpaired) electrons. The number of nitriles is 1. The summed E-state index contributed by atoms with van der Waals surface area (Å²) in [5.41, 5.74) is 1.03. The first kappa shape index (κ1) is 11.7. The zero-order valence-corrected chi connectivity index (χ0v) is 9.02. The highest BCUT2D eigenvalue weighted by molar-refractivity contribution is 5.03. The van der Waals surface area contributed by atoms with Gasteiger partial charge < -0.3 is 4.74 Å². The number of rotatable bonds is 6. The van der Waals surface area contributed by atoms with Crippen LogP contribution in [0.2, 0.25) is 0 Å². The Morgan fingerprint density at radius 2 is 2.40 bits per heavy atom. The molecule has 0 N–H and O–H groups in total. The molecule has 1 aromatic rings. The monoisotopic (exact) mass is 204 g/mol. The van der Waals surface area contributed by atoms with E-state index < -0.39 is 0 Å². The Labute approximate surface area is 90.7 Å². The average molecular weight is 204 g/mol. The van der Waals surface area contributed by atoms with E-state index >= 15 is 0 Å². The molecular weight excluding hydrogens is 188 g/mol. The van der Waals surface area contributed by atoms with E-state index in [1.165, 1.54) is 0 Å². The van der Waals surface area contributed by atoms with Crippen molar-refractivity contribution in [3.05, 3.63) is 30.1 Å². The van der Waals surface area contributed by atoms with Crippen molar-refractivity contribution in [2.75, 3.05) is 6.61 Å². The Morgan fingerprint density at radius 3 is 3.00 bits per heavy atom. The van der Waals surface area contributed by atoms with E-state index in [9.17, 15) is 0 Å². The highest BCUT2D eigenvalue weighted by Crippen LogP contribution is 2.04. The normalized spacial score (nSPS) is 12.0. The van der Waals surface area contributed by atoms with E-state index in [1.54, 1.807) is 6.20 Å². The number of hydrogen-bond donors (Lipinski definition) is 0. The SMILES string of the molecule is CCC(CC#N)OCCc1ccccn1. The maximum atomic E-state index is 8.54. The van der Waals surface area contributed by atoms with Crippen LogP contribution in [0.25, 0.3) is 0 Å². The molecule has 0 saturated carbocycles. The van der Waals surface area contributed by atoms with E-state index in [2.05, 4.69) is 11.1 Å². The van der Waals surface area contributed by atoms with Gasteiger partial charge in [-0.25, -0.2) is 0 Å². The van der Waals surface area contributed by atoms with Gasteiger partial charge >= 0.3 is 0 Å². The van der Waals surface area contributed by atoms with Crippen LogP contribution in [0.4, 0.5) is 0 Å². The molecular formula is C12H16N2O. The van der Waals surface area contributed by atoms with Gasteiger partial charge in [-0.1, -0.05) is 13.0 Å². The molecule has 0 saturated heterocycles. The van der Waals surface area contributed by atoms with Crippen LogP contribution >= 0.6 is 0 Å². The molecule has 0 amide bonds. The topological polar surface area (TPSA) is 45.9 Å². The summed E-state index contributed by atoms with van der Waals surface area (Å²) in [5.74, 6) is 0. The molecule has 80 valence electrons. The van der Waals surface area contributed by atoms with Crippen molar-refractivity contribution < 1.29 is 4.74 Å². The lowest BCUT2D eigenvalue weighted by atomic mass is 10.2. The van der Waals surface area contributed by atoms with Crippen LogP contribution in [-0.4, -0.2) is 17.7 Å². The van der Waals surface area contributed by atoms with Gasteiger partial charge in [0.15, 0.2) is 0 Å². The fourth-order valence-corrected chi connectivity index (χ4v) is 1.30. The van der Waals surface area contributed by atoms with E-state index in [1.807, 2.05) is 25.1 Å². The zero-order valence-electron chi connectivity index (χ0n) is 9.02. The predicted octanol–water partition coefficient (Wildman–Crippen LogP) is 2.33. The Hall–Kier alpha value is -1.40. The molecule has 0 aromatic carbocycles. The van der Waals surface area contributed by atoms with Crippen LogP contribution in [0.1, 0.15) is 25.5 Å². The summed E-state index contributed by atoms with van der Waals surface area (Å²) >= 11 is 0. The van der Waals surface area contributed by atoms with Gasteiger partial charge in [0, 0.05) is 18.3 Å². The van der Waals surface area contributed by atoms with Crippen molar-refractivity contribution in [2.45, 2.75) is 32.3 Å². The van der Waals surface area contributed by atoms with Crippen molar-refractivity contribution in [1.29, 1.82) is 5.26 Å². The van der Waals surface area contributed by atoms with Crippen molar-refractivity contribution in [3.63, 3.8) is 0 Å². The van der Waals surface area contributed by atoms with Gasteiger partial charge in [-0.2, -0.15) is 5.26 Å². The van der Waals surface area contributed by atoms with Crippen LogP contribution in [0, 0.1) is 11.3 Å². The van der Waals surface area contributed by atoms with Crippen molar-refractivity contribution in [2.24, 2.45) is 0 Å². The van der Waals surface area contributed by atoms with Gasteiger partial charge in [0.2, 0.25) is 0 Å². The molecule has 15 heavy (non-hydrogen) atoms. The van der Waals surface area contributed by atoms with Crippen LogP contribution in [0.5, 0.6) is 0 Å². The standard InChI is InChI=1S/C12H16N2O/c1-2-12(6-8-13)15-10-7-11-5-3-4-9-14-11/h3-5,9,12H,2,6-7,10H2,1H3. The fourth-order valence-electron chi connectivity index (χ4n) is 1.30. The van der Waals surface area contributed by atoms with Gasteiger partial charge in [-0.3, -0.25) is 4.98 Å². The minimum Gasteiger partial charge on any atom is -0.377 e. The Bertz CT molecular complexity index is 305. The molecule has 1 aromatic heterocycles. The van der Waals surface area contributed by atoms with Crippen LogP contribution in [-0.2, 0) is 11.2 Å². The quantitative estimate of drug-likeness (QED) is 0.714. The number of ether oxygens (including phenoxy) is 1. The summed E-state index contributed by atoms with van der Waals surface area (Å²) in [4.78, 5) is 4.20. The molecule has 1 heterocycles. The average Bonchev–Trinajstić information content (AvgIpc) is 2.29. The predicted molar refractivity (Wildman–Crippen MR) is 58.2 cm³/mol. The van der Waals surface area contributed by atoms with Crippen LogP contribution < -0.4 is 0 Å². The fraction of sp³-hybridized carbons (Fsp3) is 0.500. The molecule has 0 fully saturated rings. The highest BCUT2D eigenvalue weighted by Gasteiger charge is 2.05. The van der Waals surface area contributed by atoms with Gasteiger partial charge in [0.1, 0.15) is 0 Å². The lowest BCUT2D eigenvalue weighted by Gasteiger charge is -2.11. The first-order valence-electron chi connectivity index (χ1n) is 5.25. The summed E-state index contributed by atoms with van der Waals surface area (Å²) in [6.45, 7) is 2.67. The van der Waals surface area contributed by atoms with E-state index in [4.69, 9.17) is 10.00 Å². The lowest BCUT2D eigenvalue weighted by molar-refractivity contribution is 0.0557. The molecule has 0 aliphatic rings. The molecule has 3 heteroatoms. The summed E-state index contributed by atoms with van der Waals surface area (Å²) in [6.07, 6.45) is 4.01. The van der Waals surface area contributed by atoms with E-state index in [0.29, 0.717) is 13.0 Å². The van der Waals surface area contributed by atoms with Crippen molar-refractivity contribution in [3.8, 4) is 6.07 Å². The number of hydrogen-bond acceptors (Lipinski definition) is 3. The van der Waals surface area contributed by atoms with Crippen LogP contribution in [0.15, 0.2) is 24.4 Å². The maximum absolute atomic E-state index is 8.54. The second kappa shape index (κ2) is 6.97. The maximum Gasteiger partial charge on any atom is 0.0702 e. The molecule has 0 aliphatic carbocycles. The van der Waals surface area contributed by atoms with E-state index in [0.717, 1.165) is 18.5 Å². The van der Waals surface area contributed by atoms with Gasteiger partial charge in [0.25, 0.3) is 0 Å². The van der Waals surface area contributed by atoms with Crippen molar-refractivity contribution in [1.82, 2.24) is 4.98 Å². The van der Waals surface area contributed by atoms with E-state index in [-0.39, 0.29) is 6.10 Å². The first-order valence-corrected chi connectivity index (χ1v) is 5.25. The summed E-state index contributed by atoms with van der Waals surface area (Å²) in [5, 5.41) is 8.54. The van der Waals surface area contributed by atoms with Crippen molar-refractivity contribution >= 4 is 0 Å². The van der Waals surface area contributed by atoms with Gasteiger partial charge in [-0.15, -0.1) is 0 Å². The third kappa shape index (κ3) is 4.57. The minimum atomic E-state index is 0.0683. The van der Waals surface area contributed by atoms with Gasteiger partial charge in [-0.05, 0) is 18.6 Å². The molecule has 1 unspecified atom stereocenters. The number of pyridine rings is 1. The summed E-state index contributed by atoms with van der Waals surface area (Å²) in [7, 11) is 0. The minimum absolute atomic E-state index is 0.0683. The summed E-state index contributed by atoms with van der Waals surface area (Å²) in [6, 6.07) is 7.97. The second-order valence-electron chi connectivity index (χ2n) is 3.33. The zero-order chi connectivity index (χ0) is 10.9. The third-order valence-corrected chi connectivity index (χ3v) is 2.21. The Balaban J connectivity index is 2.24. The molecule has 0 spiro atoms. The Kier molecular flexibility index (Phi) is 5.42. The smallest absolute Gasteiger partial charge is 0.0702 e. The molecule has 0 aliphatic heterocycles. The van der Waals surface area contributed by atoms with Gasteiger partial charge in [0.05, 0.1) is 25.2 Å². The molecule has 1 rings (SSSR count). The Morgan fingerprint density at radius 1 is 1.53 bits per heavy atom. The largest absolute Gasteiger partial charge is 0.377 e. The third-order valence-electron chi connectivity index (χ3n) is 2.21. The second-order valence-corrected chi connectivity index (χ2v) is 3.33. The van der Waals surface area contributed by atoms with Crippen LogP contribution in [0.3, 0.4) is 0 Å². The highest BCUT2D eigenvalue weighted by atomic mass is 16.5. The first-order chi connectivity index (χ1) is 7.36. The molecule has 0 bridgehead atoms. The molecule has 3 nitrogen and oxygen atoms in total. The number of aromatic nitrogens is 1. The number of nitrogens with zero attached hydrogens (tertiary/aromatic N) is 2. The summed E-state index contributed by atoms with van der Waals surface area (Å²) < 4.78 is 5.57.